The summed E-state index contributed by atoms with van der Waals surface area (Å²) in [5.74, 6) is 2.17. The van der Waals surface area contributed by atoms with Crippen LogP contribution < -0.4 is 0 Å². The maximum absolute atomic E-state index is 10.6. The van der Waals surface area contributed by atoms with Crippen LogP contribution >= 0.6 is 0 Å². The topological polar surface area (TPSA) is 60.7 Å². The molecule has 3 saturated carbocycles. The van der Waals surface area contributed by atoms with Crippen LogP contribution in [-0.4, -0.2) is 33.1 Å². The van der Waals surface area contributed by atoms with Crippen molar-refractivity contribution in [2.75, 3.05) is 0 Å². The number of fused-ring (bicyclic) bond motifs is 1. The fourth-order valence-corrected chi connectivity index (χ4v) is 7.40. The summed E-state index contributed by atoms with van der Waals surface area (Å²) in [6.07, 6.45) is 17.1. The predicted octanol–water partition coefficient (Wildman–Crippen LogP) is 6.88. The molecule has 0 saturated heterocycles. The highest BCUT2D eigenvalue weighted by atomic mass is 16.3. The lowest BCUT2D eigenvalue weighted by Crippen LogP contribution is -2.36. The van der Waals surface area contributed by atoms with E-state index in [1.54, 1.807) is 5.57 Å². The van der Waals surface area contributed by atoms with Gasteiger partial charge in [0, 0.05) is 6.42 Å². The molecule has 3 rings (SSSR count). The SMILES string of the molecule is C=C1/C(=C\C=C2/CCC[C@]3(C)[C@@H]([C@H](C)CCCCC(O)(CC)CC)CC[C@@H]23)C[C@@H](O)C[C@@H]1O. The molecular formula is C30H50O3. The maximum atomic E-state index is 10.6. The number of hydrogen-bond donors (Lipinski definition) is 3. The summed E-state index contributed by atoms with van der Waals surface area (Å²) in [6.45, 7) is 13.3. The highest BCUT2D eigenvalue weighted by molar-refractivity contribution is 5.38. The molecule has 0 radical (unpaired) electrons. The van der Waals surface area contributed by atoms with Crippen molar-refractivity contribution >= 4 is 0 Å². The Bertz CT molecular complexity index is 731. The molecule has 0 aromatic carbocycles. The number of rotatable bonds is 9. The van der Waals surface area contributed by atoms with Crippen molar-refractivity contribution in [2.45, 2.75) is 129 Å². The van der Waals surface area contributed by atoms with E-state index < -0.39 is 17.8 Å². The van der Waals surface area contributed by atoms with Crippen molar-refractivity contribution < 1.29 is 15.3 Å². The molecule has 6 atom stereocenters. The Kier molecular flexibility index (Phi) is 9.08. The van der Waals surface area contributed by atoms with Gasteiger partial charge in [0.25, 0.3) is 0 Å². The van der Waals surface area contributed by atoms with Crippen LogP contribution in [0.25, 0.3) is 0 Å². The van der Waals surface area contributed by atoms with Gasteiger partial charge in [0.05, 0.1) is 17.8 Å². The van der Waals surface area contributed by atoms with Crippen molar-refractivity contribution in [3.63, 3.8) is 0 Å². The van der Waals surface area contributed by atoms with Gasteiger partial charge in [-0.1, -0.05) is 71.3 Å². The molecule has 3 heteroatoms. The first-order chi connectivity index (χ1) is 15.6. The minimum Gasteiger partial charge on any atom is -0.393 e. The molecule has 0 aromatic rings. The number of allylic oxidation sites excluding steroid dienone is 3. The molecule has 3 aliphatic rings. The third-order valence-electron chi connectivity index (χ3n) is 9.86. The fraction of sp³-hybridized carbons (Fsp3) is 0.800. The minimum absolute atomic E-state index is 0.387. The highest BCUT2D eigenvalue weighted by Crippen LogP contribution is 2.60. The second-order valence-electron chi connectivity index (χ2n) is 11.8. The second kappa shape index (κ2) is 11.2. The average molecular weight is 459 g/mol. The van der Waals surface area contributed by atoms with Gasteiger partial charge in [-0.2, -0.15) is 0 Å². The lowest BCUT2D eigenvalue weighted by atomic mass is 9.60. The molecule has 0 amide bonds. The lowest BCUT2D eigenvalue weighted by Gasteiger charge is -2.44. The number of unbranched alkanes of at least 4 members (excludes halogenated alkanes) is 1. The summed E-state index contributed by atoms with van der Waals surface area (Å²) in [7, 11) is 0. The Hall–Kier alpha value is -0.900. The Morgan fingerprint density at radius 1 is 1.15 bits per heavy atom. The maximum Gasteiger partial charge on any atom is 0.0811 e. The Morgan fingerprint density at radius 2 is 1.88 bits per heavy atom. The molecule has 0 heterocycles. The number of aliphatic hydroxyl groups excluding tert-OH is 2. The van der Waals surface area contributed by atoms with Crippen LogP contribution in [0.4, 0.5) is 0 Å². The molecule has 0 spiro atoms. The minimum atomic E-state index is -0.614. The Morgan fingerprint density at radius 3 is 2.58 bits per heavy atom. The van der Waals surface area contributed by atoms with E-state index in [2.05, 4.69) is 46.4 Å². The quantitative estimate of drug-likeness (QED) is 0.330. The summed E-state index contributed by atoms with van der Waals surface area (Å²) >= 11 is 0. The molecule has 0 aliphatic heterocycles. The highest BCUT2D eigenvalue weighted by Gasteiger charge is 2.50. The van der Waals surface area contributed by atoms with E-state index in [0.29, 0.717) is 24.2 Å². The smallest absolute Gasteiger partial charge is 0.0811 e. The first-order valence-corrected chi connectivity index (χ1v) is 13.8. The van der Waals surface area contributed by atoms with Gasteiger partial charge in [0.15, 0.2) is 0 Å². The zero-order chi connectivity index (χ0) is 24.2. The third-order valence-corrected chi connectivity index (χ3v) is 9.86. The zero-order valence-corrected chi connectivity index (χ0v) is 21.8. The van der Waals surface area contributed by atoms with Gasteiger partial charge >= 0.3 is 0 Å². The van der Waals surface area contributed by atoms with Crippen molar-refractivity contribution in [2.24, 2.45) is 23.2 Å². The van der Waals surface area contributed by atoms with Crippen molar-refractivity contribution in [3.8, 4) is 0 Å². The van der Waals surface area contributed by atoms with Gasteiger partial charge in [0.2, 0.25) is 0 Å². The van der Waals surface area contributed by atoms with Crippen molar-refractivity contribution in [1.82, 2.24) is 0 Å². The molecule has 0 unspecified atom stereocenters. The van der Waals surface area contributed by atoms with Gasteiger partial charge < -0.3 is 15.3 Å². The number of aliphatic hydroxyl groups is 3. The van der Waals surface area contributed by atoms with Crippen LogP contribution in [0.2, 0.25) is 0 Å². The van der Waals surface area contributed by atoms with Crippen LogP contribution in [0.5, 0.6) is 0 Å². The summed E-state index contributed by atoms with van der Waals surface area (Å²) in [5, 5.41) is 30.8. The molecule has 3 nitrogen and oxygen atoms in total. The van der Waals surface area contributed by atoms with Crippen molar-refractivity contribution in [3.05, 3.63) is 35.5 Å². The summed E-state index contributed by atoms with van der Waals surface area (Å²) < 4.78 is 0. The largest absolute Gasteiger partial charge is 0.393 e. The predicted molar refractivity (Wildman–Crippen MR) is 138 cm³/mol. The van der Waals surface area contributed by atoms with Crippen LogP contribution in [-0.2, 0) is 0 Å². The van der Waals surface area contributed by atoms with Crippen LogP contribution in [0.1, 0.15) is 111 Å². The summed E-state index contributed by atoms with van der Waals surface area (Å²) in [6, 6.07) is 0. The normalized spacial score (nSPS) is 36.4. The van der Waals surface area contributed by atoms with Gasteiger partial charge in [-0.15, -0.1) is 0 Å². The van der Waals surface area contributed by atoms with E-state index in [-0.39, 0.29) is 0 Å². The molecule has 33 heavy (non-hydrogen) atoms. The van der Waals surface area contributed by atoms with Crippen LogP contribution in [0.15, 0.2) is 35.5 Å². The third kappa shape index (κ3) is 6.03. The van der Waals surface area contributed by atoms with Gasteiger partial charge in [-0.3, -0.25) is 0 Å². The Labute approximate surface area is 203 Å². The molecular weight excluding hydrogens is 408 g/mol. The van der Waals surface area contributed by atoms with E-state index in [4.69, 9.17) is 0 Å². The standard InChI is InChI=1S/C30H50O3/c1-6-30(33,7-2)18-9-8-11-21(3)26-15-16-27-23(12-10-17-29(26,27)5)13-14-24-19-25(31)20-28(32)22(24)4/h13-14,21,25-28,31-33H,4,6-12,15-20H2,1-3,5H3/b23-13+,24-14-/t21-,25-,26-,27+,28+,29-/m1/s1. The zero-order valence-electron chi connectivity index (χ0n) is 21.8. The average Bonchev–Trinajstić information content (AvgIpc) is 3.15. The monoisotopic (exact) mass is 458 g/mol. The molecule has 0 aromatic heterocycles. The lowest BCUT2D eigenvalue weighted by molar-refractivity contribution is 0.0202. The van der Waals surface area contributed by atoms with E-state index >= 15 is 0 Å². The summed E-state index contributed by atoms with van der Waals surface area (Å²) in [5.41, 5.74) is 3.30. The van der Waals surface area contributed by atoms with Gasteiger partial charge in [-0.25, -0.2) is 0 Å². The Balaban J connectivity index is 1.62. The molecule has 3 aliphatic carbocycles. The molecule has 0 bridgehead atoms. The van der Waals surface area contributed by atoms with Gasteiger partial charge in [0.1, 0.15) is 0 Å². The number of hydrogen-bond acceptors (Lipinski definition) is 3. The fourth-order valence-electron chi connectivity index (χ4n) is 7.40. The first kappa shape index (κ1) is 26.7. The molecule has 3 N–H and O–H groups in total. The van der Waals surface area contributed by atoms with E-state index in [1.165, 1.54) is 44.9 Å². The molecule has 3 fully saturated rings. The van der Waals surface area contributed by atoms with Gasteiger partial charge in [-0.05, 0) is 92.1 Å². The van der Waals surface area contributed by atoms with E-state index in [0.717, 1.165) is 48.7 Å². The van der Waals surface area contributed by atoms with Crippen LogP contribution in [0.3, 0.4) is 0 Å². The molecule has 188 valence electrons. The first-order valence-electron chi connectivity index (χ1n) is 13.8. The van der Waals surface area contributed by atoms with E-state index in [1.807, 2.05) is 0 Å². The summed E-state index contributed by atoms with van der Waals surface area (Å²) in [4.78, 5) is 0. The van der Waals surface area contributed by atoms with Crippen LogP contribution in [0, 0.1) is 23.2 Å². The second-order valence-corrected chi connectivity index (χ2v) is 11.8. The van der Waals surface area contributed by atoms with E-state index in [9.17, 15) is 15.3 Å². The van der Waals surface area contributed by atoms with Crippen molar-refractivity contribution in [1.29, 1.82) is 0 Å².